The standard InChI is InChI=1S/C24H30N4O2S/c1-17(2)21-8-4-5-9-22(21)28-23(18-10-12-20(30-3)13-11-18)25-27(24(28)31)16-26-14-6-7-19(29)15-26/h4-5,8-13,17,19,29H,6-7,14-16H2,1-3H3/t19-/m0/s1. The summed E-state index contributed by atoms with van der Waals surface area (Å²) in [6.45, 7) is 6.53. The van der Waals surface area contributed by atoms with Crippen LogP contribution in [0.1, 0.15) is 38.2 Å². The number of ether oxygens (including phenoxy) is 1. The summed E-state index contributed by atoms with van der Waals surface area (Å²) >= 11 is 5.94. The molecule has 0 unspecified atom stereocenters. The Balaban J connectivity index is 1.83. The van der Waals surface area contributed by atoms with Crippen LogP contribution in [0.4, 0.5) is 0 Å². The molecule has 1 fully saturated rings. The van der Waals surface area contributed by atoms with E-state index in [1.807, 2.05) is 35.0 Å². The molecular weight excluding hydrogens is 408 g/mol. The average Bonchev–Trinajstić information content (AvgIpc) is 3.09. The van der Waals surface area contributed by atoms with Gasteiger partial charge in [0.25, 0.3) is 0 Å². The van der Waals surface area contributed by atoms with Crippen LogP contribution in [0.25, 0.3) is 17.1 Å². The lowest BCUT2D eigenvalue weighted by Gasteiger charge is -2.29. The fourth-order valence-electron chi connectivity index (χ4n) is 4.17. The highest BCUT2D eigenvalue weighted by Crippen LogP contribution is 2.29. The molecule has 4 rings (SSSR count). The number of benzene rings is 2. The lowest BCUT2D eigenvalue weighted by Crippen LogP contribution is -2.39. The highest BCUT2D eigenvalue weighted by molar-refractivity contribution is 7.71. The molecule has 0 saturated carbocycles. The minimum Gasteiger partial charge on any atom is -0.497 e. The second kappa shape index (κ2) is 9.34. The molecule has 2 aromatic carbocycles. The second-order valence-electron chi connectivity index (χ2n) is 8.40. The van der Waals surface area contributed by atoms with Gasteiger partial charge >= 0.3 is 0 Å². The van der Waals surface area contributed by atoms with E-state index in [1.165, 1.54) is 5.56 Å². The Morgan fingerprint density at radius 2 is 1.90 bits per heavy atom. The number of hydrogen-bond acceptors (Lipinski definition) is 5. The van der Waals surface area contributed by atoms with Gasteiger partial charge in [0, 0.05) is 18.7 Å². The van der Waals surface area contributed by atoms with E-state index in [0.717, 1.165) is 42.2 Å². The molecule has 1 aliphatic heterocycles. The zero-order chi connectivity index (χ0) is 22.0. The molecule has 31 heavy (non-hydrogen) atoms. The molecule has 1 saturated heterocycles. The van der Waals surface area contributed by atoms with Crippen molar-refractivity contribution < 1.29 is 9.84 Å². The average molecular weight is 439 g/mol. The van der Waals surface area contributed by atoms with Crippen LogP contribution in [0.15, 0.2) is 48.5 Å². The predicted octanol–water partition coefficient (Wildman–Crippen LogP) is 4.62. The smallest absolute Gasteiger partial charge is 0.204 e. The summed E-state index contributed by atoms with van der Waals surface area (Å²) in [6.07, 6.45) is 1.55. The molecule has 7 heteroatoms. The summed E-state index contributed by atoms with van der Waals surface area (Å²) in [5.74, 6) is 1.96. The Bertz CT molecular complexity index is 1090. The van der Waals surface area contributed by atoms with Crippen molar-refractivity contribution in [3.63, 3.8) is 0 Å². The predicted molar refractivity (Wildman–Crippen MR) is 125 cm³/mol. The van der Waals surface area contributed by atoms with E-state index in [-0.39, 0.29) is 6.10 Å². The van der Waals surface area contributed by atoms with Crippen molar-refractivity contribution in [3.05, 3.63) is 58.9 Å². The number of likely N-dealkylation sites (tertiary alicyclic amines) is 1. The maximum atomic E-state index is 10.1. The molecule has 0 radical (unpaired) electrons. The van der Waals surface area contributed by atoms with Gasteiger partial charge in [0.2, 0.25) is 4.77 Å². The van der Waals surface area contributed by atoms with Crippen molar-refractivity contribution in [2.24, 2.45) is 0 Å². The van der Waals surface area contributed by atoms with E-state index in [0.29, 0.717) is 23.9 Å². The van der Waals surface area contributed by atoms with Gasteiger partial charge in [0.05, 0.1) is 25.6 Å². The summed E-state index contributed by atoms with van der Waals surface area (Å²) in [5, 5.41) is 15.0. The summed E-state index contributed by atoms with van der Waals surface area (Å²) in [5.41, 5.74) is 3.25. The van der Waals surface area contributed by atoms with Gasteiger partial charge in [-0.3, -0.25) is 9.47 Å². The van der Waals surface area contributed by atoms with E-state index in [1.54, 1.807) is 7.11 Å². The molecule has 6 nitrogen and oxygen atoms in total. The second-order valence-corrected chi connectivity index (χ2v) is 8.76. The molecule has 0 aliphatic carbocycles. The van der Waals surface area contributed by atoms with Gasteiger partial charge in [0.1, 0.15) is 5.75 Å². The number of hydrogen-bond donors (Lipinski definition) is 1. The third kappa shape index (κ3) is 4.59. The van der Waals surface area contributed by atoms with Gasteiger partial charge in [-0.1, -0.05) is 32.0 Å². The van der Waals surface area contributed by atoms with Crippen LogP contribution in [0.5, 0.6) is 5.75 Å². The van der Waals surface area contributed by atoms with Crippen molar-refractivity contribution >= 4 is 12.2 Å². The first kappa shape index (κ1) is 21.7. The van der Waals surface area contributed by atoms with Gasteiger partial charge < -0.3 is 9.84 Å². The summed E-state index contributed by atoms with van der Waals surface area (Å²) in [6, 6.07) is 16.3. The van der Waals surface area contributed by atoms with Crippen LogP contribution in [0, 0.1) is 4.77 Å². The highest BCUT2D eigenvalue weighted by atomic mass is 32.1. The van der Waals surface area contributed by atoms with Gasteiger partial charge in [-0.25, -0.2) is 4.68 Å². The number of rotatable bonds is 6. The summed E-state index contributed by atoms with van der Waals surface area (Å²) < 4.78 is 9.93. The van der Waals surface area contributed by atoms with E-state index in [4.69, 9.17) is 22.1 Å². The first-order valence-electron chi connectivity index (χ1n) is 10.8. The topological polar surface area (TPSA) is 55.4 Å². The molecule has 2 heterocycles. The van der Waals surface area contributed by atoms with E-state index in [9.17, 15) is 5.11 Å². The number of methoxy groups -OCH3 is 1. The van der Waals surface area contributed by atoms with Crippen LogP contribution in [-0.4, -0.2) is 50.7 Å². The van der Waals surface area contributed by atoms with Crippen molar-refractivity contribution in [2.75, 3.05) is 20.2 Å². The molecule has 1 atom stereocenters. The lowest BCUT2D eigenvalue weighted by molar-refractivity contribution is 0.0513. The number of aromatic nitrogens is 3. The molecule has 0 spiro atoms. The first-order chi connectivity index (χ1) is 15.0. The minimum absolute atomic E-state index is 0.285. The molecule has 1 N–H and O–H groups in total. The van der Waals surface area contributed by atoms with E-state index < -0.39 is 0 Å². The quantitative estimate of drug-likeness (QED) is 0.569. The van der Waals surface area contributed by atoms with Crippen LogP contribution in [0.2, 0.25) is 0 Å². The molecular formula is C24H30N4O2S. The van der Waals surface area contributed by atoms with Crippen molar-refractivity contribution in [1.29, 1.82) is 0 Å². The Morgan fingerprint density at radius 1 is 1.16 bits per heavy atom. The largest absolute Gasteiger partial charge is 0.497 e. The summed E-state index contributed by atoms with van der Waals surface area (Å²) in [7, 11) is 1.66. The number of para-hydroxylation sites is 1. The molecule has 0 bridgehead atoms. The molecule has 1 aliphatic rings. The molecule has 0 amide bonds. The zero-order valence-corrected chi connectivity index (χ0v) is 19.2. The van der Waals surface area contributed by atoms with Crippen LogP contribution in [-0.2, 0) is 6.67 Å². The van der Waals surface area contributed by atoms with Crippen LogP contribution in [0.3, 0.4) is 0 Å². The number of nitrogens with zero attached hydrogens (tertiary/aromatic N) is 4. The Labute approximate surface area is 188 Å². The maximum Gasteiger partial charge on any atom is 0.204 e. The van der Waals surface area contributed by atoms with Gasteiger partial charge in [0.15, 0.2) is 5.82 Å². The molecule has 3 aromatic rings. The Morgan fingerprint density at radius 3 is 2.58 bits per heavy atom. The van der Waals surface area contributed by atoms with Crippen molar-refractivity contribution in [3.8, 4) is 22.8 Å². The maximum absolute atomic E-state index is 10.1. The monoisotopic (exact) mass is 438 g/mol. The lowest BCUT2D eigenvalue weighted by atomic mass is 10.0. The van der Waals surface area contributed by atoms with Crippen LogP contribution >= 0.6 is 12.2 Å². The van der Waals surface area contributed by atoms with Crippen molar-refractivity contribution in [1.82, 2.24) is 19.2 Å². The zero-order valence-electron chi connectivity index (χ0n) is 18.4. The third-order valence-electron chi connectivity index (χ3n) is 5.80. The SMILES string of the molecule is COc1ccc(-c2nn(CN3CCC[C@H](O)C3)c(=S)n2-c2ccccc2C(C)C)cc1. The van der Waals surface area contributed by atoms with Crippen molar-refractivity contribution in [2.45, 2.75) is 45.4 Å². The van der Waals surface area contributed by atoms with Gasteiger partial charge in [-0.05, 0) is 66.9 Å². The number of piperidine rings is 1. The number of aliphatic hydroxyl groups is 1. The molecule has 1 aromatic heterocycles. The van der Waals surface area contributed by atoms with E-state index >= 15 is 0 Å². The third-order valence-corrected chi connectivity index (χ3v) is 6.20. The fraction of sp³-hybridized carbons (Fsp3) is 0.417. The van der Waals surface area contributed by atoms with Gasteiger partial charge in [-0.15, -0.1) is 5.10 Å². The first-order valence-corrected chi connectivity index (χ1v) is 11.2. The normalized spacial score (nSPS) is 17.3. The minimum atomic E-state index is -0.285. The highest BCUT2D eigenvalue weighted by Gasteiger charge is 2.22. The summed E-state index contributed by atoms with van der Waals surface area (Å²) in [4.78, 5) is 2.22. The van der Waals surface area contributed by atoms with Gasteiger partial charge in [-0.2, -0.15) is 0 Å². The Hall–Kier alpha value is -2.48. The van der Waals surface area contributed by atoms with Crippen LogP contribution < -0.4 is 4.74 Å². The number of aliphatic hydroxyl groups excluding tert-OH is 1. The van der Waals surface area contributed by atoms with E-state index in [2.05, 4.69) is 41.5 Å². The fourth-order valence-corrected chi connectivity index (χ4v) is 4.46. The molecule has 164 valence electrons. The number of β-amino-alcohol motifs (C(OH)–C–C–N with tert-alkyl or cyclic N) is 1. The Kier molecular flexibility index (Phi) is 6.55.